The van der Waals surface area contributed by atoms with Gasteiger partial charge >= 0.3 is 0 Å². The summed E-state index contributed by atoms with van der Waals surface area (Å²) in [6.45, 7) is 4.61. The average molecular weight is 522 g/mol. The van der Waals surface area contributed by atoms with E-state index in [9.17, 15) is 0 Å². The van der Waals surface area contributed by atoms with Gasteiger partial charge in [-0.1, -0.05) is 183 Å². The van der Waals surface area contributed by atoms with Gasteiger partial charge in [0.05, 0.1) is 5.92 Å². The van der Waals surface area contributed by atoms with Crippen molar-refractivity contribution in [2.75, 3.05) is 0 Å². The molecule has 0 N–H and O–H groups in total. The van der Waals surface area contributed by atoms with Crippen molar-refractivity contribution in [1.29, 1.82) is 0 Å². The zero-order valence-electron chi connectivity index (χ0n) is 25.4. The van der Waals surface area contributed by atoms with E-state index in [0.717, 1.165) is 12.6 Å². The third kappa shape index (κ3) is 15.7. The summed E-state index contributed by atoms with van der Waals surface area (Å²) in [7, 11) is 0. The molecule has 0 aromatic heterocycles. The highest BCUT2D eigenvalue weighted by Crippen LogP contribution is 2.37. The standard InChI is InChI=1S/C36H61N2/c1-3-5-7-9-10-11-12-13-14-15-16-17-18-19-20-25-29-35(36-37-30-31-38-36)34(28-24-8-6-4-2)32-33-26-22-21-23-27-33/h21-23,26-27,30-31,34-35H,3-20,24-25,28-29,32H2,1-2H3/q+1. The van der Waals surface area contributed by atoms with Crippen LogP contribution >= 0.6 is 0 Å². The molecule has 2 heteroatoms. The van der Waals surface area contributed by atoms with Crippen molar-refractivity contribution in [2.24, 2.45) is 21.8 Å². The van der Waals surface area contributed by atoms with Crippen molar-refractivity contribution in [3.05, 3.63) is 42.1 Å². The lowest BCUT2D eigenvalue weighted by atomic mass is 9.78. The molecule has 0 fully saturated rings. The fourth-order valence-electron chi connectivity index (χ4n) is 6.13. The van der Waals surface area contributed by atoms with Gasteiger partial charge in [-0.05, 0) is 30.7 Å². The second-order valence-corrected chi connectivity index (χ2v) is 11.9. The van der Waals surface area contributed by atoms with Crippen LogP contribution in [0.5, 0.6) is 0 Å². The van der Waals surface area contributed by atoms with Crippen LogP contribution in [0.15, 0.2) is 40.3 Å². The molecular weight excluding hydrogens is 460 g/mol. The Morgan fingerprint density at radius 2 is 0.947 bits per heavy atom. The maximum atomic E-state index is 4.70. The van der Waals surface area contributed by atoms with E-state index in [1.54, 1.807) is 0 Å². The summed E-state index contributed by atoms with van der Waals surface area (Å²) in [6.07, 6.45) is 36.8. The Balaban J connectivity index is 1.62. The molecule has 0 radical (unpaired) electrons. The van der Waals surface area contributed by atoms with Gasteiger partial charge in [0.1, 0.15) is 0 Å². The molecule has 0 amide bonds. The number of hydrogen-bond acceptors (Lipinski definition) is 2. The third-order valence-corrected chi connectivity index (χ3v) is 8.52. The van der Waals surface area contributed by atoms with Crippen molar-refractivity contribution >= 4 is 12.4 Å². The van der Waals surface area contributed by atoms with Crippen molar-refractivity contribution < 1.29 is 0 Å². The van der Waals surface area contributed by atoms with E-state index in [4.69, 9.17) is 9.98 Å². The molecule has 2 rings (SSSR count). The minimum absolute atomic E-state index is 0.499. The summed E-state index contributed by atoms with van der Waals surface area (Å²) in [4.78, 5) is 9.41. The SMILES string of the molecule is CCCCCCCCCCCCCCCCCCC([C+]1N=CC=N1)C(CCCCCC)Cc1ccccc1. The Bertz CT molecular complexity index is 683. The van der Waals surface area contributed by atoms with Crippen LogP contribution in [0.1, 0.15) is 161 Å². The molecular formula is C36H61N2+. The molecule has 1 aliphatic heterocycles. The van der Waals surface area contributed by atoms with Gasteiger partial charge in [-0.15, -0.1) is 0 Å². The summed E-state index contributed by atoms with van der Waals surface area (Å²) in [5.41, 5.74) is 1.47. The molecule has 0 saturated carbocycles. The van der Waals surface area contributed by atoms with Crippen LogP contribution in [-0.4, -0.2) is 12.4 Å². The van der Waals surface area contributed by atoms with Crippen LogP contribution in [0.2, 0.25) is 0 Å². The molecule has 2 atom stereocenters. The Labute approximate surface area is 237 Å². The molecule has 0 spiro atoms. The zero-order chi connectivity index (χ0) is 26.9. The molecule has 214 valence electrons. The quantitative estimate of drug-likeness (QED) is 0.0855. The Morgan fingerprint density at radius 1 is 0.526 bits per heavy atom. The van der Waals surface area contributed by atoms with Crippen molar-refractivity contribution in [1.82, 2.24) is 0 Å². The number of benzene rings is 1. The molecule has 1 aliphatic rings. The maximum Gasteiger partial charge on any atom is 0.244 e. The van der Waals surface area contributed by atoms with Gasteiger partial charge in [-0.2, -0.15) is 0 Å². The Kier molecular flexibility index (Phi) is 20.0. The van der Waals surface area contributed by atoms with Crippen molar-refractivity contribution in [3.63, 3.8) is 0 Å². The summed E-state index contributed by atoms with van der Waals surface area (Å²) < 4.78 is 0. The third-order valence-electron chi connectivity index (χ3n) is 8.52. The minimum atomic E-state index is 0.499. The fourth-order valence-corrected chi connectivity index (χ4v) is 6.13. The lowest BCUT2D eigenvalue weighted by molar-refractivity contribution is 0.284. The molecule has 0 saturated heterocycles. The van der Waals surface area contributed by atoms with Crippen LogP contribution in [0.25, 0.3) is 0 Å². The Morgan fingerprint density at radius 3 is 1.45 bits per heavy atom. The highest BCUT2D eigenvalue weighted by atomic mass is 15.0. The number of aliphatic imine (C=N–C) groups is 2. The number of rotatable bonds is 26. The van der Waals surface area contributed by atoms with E-state index in [1.165, 1.54) is 147 Å². The first kappa shape index (κ1) is 32.6. The van der Waals surface area contributed by atoms with Gasteiger partial charge < -0.3 is 0 Å². The normalized spacial score (nSPS) is 14.4. The smallest absolute Gasteiger partial charge is 0.0965 e. The maximum absolute atomic E-state index is 4.70. The molecule has 1 heterocycles. The van der Waals surface area contributed by atoms with Crippen LogP contribution in [0.3, 0.4) is 0 Å². The van der Waals surface area contributed by atoms with Gasteiger partial charge in [0.15, 0.2) is 12.4 Å². The predicted molar refractivity (Wildman–Crippen MR) is 170 cm³/mol. The van der Waals surface area contributed by atoms with Crippen LogP contribution in [0, 0.1) is 18.0 Å². The average Bonchev–Trinajstić information content (AvgIpc) is 3.48. The van der Waals surface area contributed by atoms with Crippen LogP contribution in [0.4, 0.5) is 0 Å². The van der Waals surface area contributed by atoms with Gasteiger partial charge in [-0.3, -0.25) is 0 Å². The lowest BCUT2D eigenvalue weighted by Gasteiger charge is -2.26. The molecule has 1 aromatic carbocycles. The van der Waals surface area contributed by atoms with E-state index in [1.807, 2.05) is 12.4 Å². The topological polar surface area (TPSA) is 24.7 Å². The zero-order valence-corrected chi connectivity index (χ0v) is 25.4. The van der Waals surface area contributed by atoms with Crippen LogP contribution < -0.4 is 0 Å². The van der Waals surface area contributed by atoms with Gasteiger partial charge in [0, 0.05) is 0 Å². The van der Waals surface area contributed by atoms with Gasteiger partial charge in [-0.25, -0.2) is 0 Å². The van der Waals surface area contributed by atoms with E-state index in [0.29, 0.717) is 11.8 Å². The molecule has 2 unspecified atom stereocenters. The van der Waals surface area contributed by atoms with Gasteiger partial charge in [0.25, 0.3) is 0 Å². The first-order chi connectivity index (χ1) is 18.8. The monoisotopic (exact) mass is 521 g/mol. The number of hydrogen-bond donors (Lipinski definition) is 0. The van der Waals surface area contributed by atoms with E-state index in [-0.39, 0.29) is 0 Å². The molecule has 2 nitrogen and oxygen atoms in total. The number of nitrogens with zero attached hydrogens (tertiary/aromatic N) is 2. The molecule has 38 heavy (non-hydrogen) atoms. The lowest BCUT2D eigenvalue weighted by Crippen LogP contribution is -2.22. The summed E-state index contributed by atoms with van der Waals surface area (Å²) >= 11 is 0. The van der Waals surface area contributed by atoms with Crippen molar-refractivity contribution in [2.45, 2.75) is 162 Å². The summed E-state index contributed by atoms with van der Waals surface area (Å²) in [5.74, 6) is 1.14. The van der Waals surface area contributed by atoms with Crippen LogP contribution in [-0.2, 0) is 6.42 Å². The number of unbranched alkanes of at least 4 members (excludes halogenated alkanes) is 18. The first-order valence-corrected chi connectivity index (χ1v) is 16.8. The van der Waals surface area contributed by atoms with Gasteiger partial charge in [0.2, 0.25) is 6.17 Å². The molecule has 1 aromatic rings. The summed E-state index contributed by atoms with van der Waals surface area (Å²) in [6, 6.07) is 11.1. The van der Waals surface area contributed by atoms with E-state index < -0.39 is 0 Å². The highest BCUT2D eigenvalue weighted by molar-refractivity contribution is 6.18. The molecule has 0 bridgehead atoms. The second-order valence-electron chi connectivity index (χ2n) is 11.9. The van der Waals surface area contributed by atoms with E-state index >= 15 is 0 Å². The first-order valence-electron chi connectivity index (χ1n) is 16.8. The fraction of sp³-hybridized carbons (Fsp3) is 0.750. The minimum Gasteiger partial charge on any atom is -0.0965 e. The Hall–Kier alpha value is -1.57. The largest absolute Gasteiger partial charge is 0.244 e. The summed E-state index contributed by atoms with van der Waals surface area (Å²) in [5, 5.41) is 0. The molecule has 0 aliphatic carbocycles. The second kappa shape index (κ2) is 23.3. The van der Waals surface area contributed by atoms with Crippen molar-refractivity contribution in [3.8, 4) is 0 Å². The van der Waals surface area contributed by atoms with E-state index in [2.05, 4.69) is 44.2 Å². The predicted octanol–water partition coefficient (Wildman–Crippen LogP) is 11.7. The highest BCUT2D eigenvalue weighted by Gasteiger charge is 2.35.